The van der Waals surface area contributed by atoms with E-state index in [2.05, 4.69) is 20.8 Å². The molecule has 172 valence electrons. The van der Waals surface area contributed by atoms with Crippen molar-refractivity contribution in [3.05, 3.63) is 0 Å². The van der Waals surface area contributed by atoms with Crippen molar-refractivity contribution in [3.63, 3.8) is 0 Å². The molecule has 0 bridgehead atoms. The van der Waals surface area contributed by atoms with E-state index in [0.29, 0.717) is 25.2 Å². The van der Waals surface area contributed by atoms with Gasteiger partial charge in [-0.1, -0.05) is 34.0 Å². The quantitative estimate of drug-likeness (QED) is 0.573. The number of hydrogen-bond acceptors (Lipinski definition) is 3. The predicted octanol–water partition coefficient (Wildman–Crippen LogP) is 5.11. The lowest BCUT2D eigenvalue weighted by Crippen LogP contribution is -2.62. The molecule has 0 saturated heterocycles. The monoisotopic (exact) mass is 424 g/mol. The van der Waals surface area contributed by atoms with Gasteiger partial charge in [-0.2, -0.15) is 0 Å². The Morgan fingerprint density at radius 3 is 2.50 bits per heavy atom. The molecule has 4 fully saturated rings. The average molecular weight is 425 g/mol. The molecule has 4 aliphatic rings. The minimum atomic E-state index is -2.24. The Bertz CT molecular complexity index is 785. The van der Waals surface area contributed by atoms with E-state index < -0.39 is 30.9 Å². The van der Waals surface area contributed by atoms with Gasteiger partial charge in [0.05, 0.1) is 13.6 Å². The summed E-state index contributed by atoms with van der Waals surface area (Å²) < 4.78 is 33.3. The molecule has 0 amide bonds. The van der Waals surface area contributed by atoms with Gasteiger partial charge in [-0.05, 0) is 104 Å². The molecule has 0 aromatic carbocycles. The maximum absolute atomic E-state index is 12.0. The second kappa shape index (κ2) is 8.06. The first-order valence-corrected chi connectivity index (χ1v) is 12.2. The van der Waals surface area contributed by atoms with Crippen LogP contribution in [0.5, 0.6) is 0 Å². The standard InChI is InChI=1S/C26H44O4/c1-5-17-21-14-16(27)10-12-26(21,4)20-11-13-25(3)18(15(2)6-9-22(28)29)7-8-19(25)23(20)24(17)30/h15-21,23-24,27,30H,5-14H2,1-4H3,(H,28,29)/t15-,16-,17-,18?,19?,20?,21+,23?,24?,25-,26-/m1/s1/i1D3,24D. The minimum absolute atomic E-state index is 0.0734. The number of carbonyl (C=O) groups is 1. The van der Waals surface area contributed by atoms with Crippen LogP contribution in [0.3, 0.4) is 0 Å². The third kappa shape index (κ3) is 3.36. The molecule has 4 rings (SSSR count). The molecule has 4 nitrogen and oxygen atoms in total. The number of rotatable bonds is 5. The molecule has 0 aliphatic heterocycles. The summed E-state index contributed by atoms with van der Waals surface area (Å²) >= 11 is 0. The van der Waals surface area contributed by atoms with Crippen LogP contribution < -0.4 is 0 Å². The largest absolute Gasteiger partial charge is 0.481 e. The van der Waals surface area contributed by atoms with Crippen molar-refractivity contribution in [2.45, 2.75) is 104 Å². The first-order chi connectivity index (χ1) is 15.6. The van der Waals surface area contributed by atoms with Gasteiger partial charge in [-0.3, -0.25) is 4.79 Å². The lowest BCUT2D eigenvalue weighted by atomic mass is 9.41. The molecule has 3 N–H and O–H groups in total. The molecule has 0 spiro atoms. The zero-order valence-electron chi connectivity index (χ0n) is 22.9. The predicted molar refractivity (Wildman–Crippen MR) is 118 cm³/mol. The van der Waals surface area contributed by atoms with Crippen LogP contribution in [-0.2, 0) is 4.79 Å². The van der Waals surface area contributed by atoms with E-state index in [9.17, 15) is 21.5 Å². The highest BCUT2D eigenvalue weighted by atomic mass is 16.4. The first-order valence-electron chi connectivity index (χ1n) is 14.2. The van der Waals surface area contributed by atoms with Crippen molar-refractivity contribution in [1.82, 2.24) is 0 Å². The van der Waals surface area contributed by atoms with E-state index in [4.69, 9.17) is 4.11 Å². The van der Waals surface area contributed by atoms with Crippen LogP contribution >= 0.6 is 0 Å². The van der Waals surface area contributed by atoms with Crippen LogP contribution in [-0.4, -0.2) is 33.5 Å². The number of aliphatic hydroxyl groups excluding tert-OH is 1. The Morgan fingerprint density at radius 1 is 1.10 bits per heavy atom. The number of aliphatic carboxylic acids is 1. The highest BCUT2D eigenvalue weighted by molar-refractivity contribution is 5.66. The zero-order chi connectivity index (χ0) is 25.3. The summed E-state index contributed by atoms with van der Waals surface area (Å²) in [6.45, 7) is 4.44. The van der Waals surface area contributed by atoms with Gasteiger partial charge in [-0.15, -0.1) is 0 Å². The van der Waals surface area contributed by atoms with Crippen molar-refractivity contribution in [2.75, 3.05) is 0 Å². The number of carboxylic acids is 1. The fourth-order valence-corrected chi connectivity index (χ4v) is 8.95. The van der Waals surface area contributed by atoms with E-state index in [1.165, 1.54) is 0 Å². The topological polar surface area (TPSA) is 77.8 Å². The maximum atomic E-state index is 12.0. The van der Waals surface area contributed by atoms with Gasteiger partial charge < -0.3 is 15.3 Å². The van der Waals surface area contributed by atoms with Crippen molar-refractivity contribution in [3.8, 4) is 0 Å². The van der Waals surface area contributed by atoms with Crippen LogP contribution in [0.15, 0.2) is 0 Å². The number of aliphatic hydroxyl groups is 2. The Hall–Kier alpha value is -0.610. The molecule has 0 aromatic heterocycles. The molecule has 30 heavy (non-hydrogen) atoms. The Kier molecular flexibility index (Phi) is 4.81. The van der Waals surface area contributed by atoms with E-state index in [-0.39, 0.29) is 53.3 Å². The third-order valence-electron chi connectivity index (χ3n) is 10.5. The summed E-state index contributed by atoms with van der Waals surface area (Å²) in [5, 5.41) is 31.6. The normalized spacial score (nSPS) is 56.4. The van der Waals surface area contributed by atoms with E-state index >= 15 is 0 Å². The number of hydrogen-bond donors (Lipinski definition) is 3. The summed E-state index contributed by atoms with van der Waals surface area (Å²) in [6.07, 6.45) is 4.06. The molecule has 4 saturated carbocycles. The van der Waals surface area contributed by atoms with Crippen LogP contribution in [0.2, 0.25) is 0 Å². The summed E-state index contributed by atoms with van der Waals surface area (Å²) in [5.41, 5.74) is -0.253. The van der Waals surface area contributed by atoms with Gasteiger partial charge in [0.25, 0.3) is 0 Å². The molecule has 0 radical (unpaired) electrons. The second-order valence-electron chi connectivity index (χ2n) is 11.7. The van der Waals surface area contributed by atoms with E-state index in [0.717, 1.165) is 32.1 Å². The van der Waals surface area contributed by atoms with Crippen LogP contribution in [0.25, 0.3) is 0 Å². The van der Waals surface area contributed by atoms with Crippen molar-refractivity contribution in [1.29, 1.82) is 0 Å². The summed E-state index contributed by atoms with van der Waals surface area (Å²) in [5.74, 6) is -1.02. The van der Waals surface area contributed by atoms with E-state index in [1.807, 2.05) is 0 Å². The molecule has 4 aliphatic carbocycles. The van der Waals surface area contributed by atoms with Gasteiger partial charge >= 0.3 is 5.97 Å². The Balaban J connectivity index is 1.70. The summed E-state index contributed by atoms with van der Waals surface area (Å²) in [4.78, 5) is 11.2. The molecular weight excluding hydrogens is 376 g/mol. The SMILES string of the molecule is [2H]C([2H])([2H])C[C@@H]1[C@@H]2C[C@H](O)CC[C@]2(C)C2CC[C@@]3(C)C(CCC3[C@H](C)CCC(=O)O)C2C1([2H])O. The second-order valence-corrected chi connectivity index (χ2v) is 11.7. The zero-order valence-corrected chi connectivity index (χ0v) is 18.9. The molecule has 5 unspecified atom stereocenters. The van der Waals surface area contributed by atoms with Crippen LogP contribution in [0.1, 0.15) is 97.3 Å². The highest BCUT2D eigenvalue weighted by Crippen LogP contribution is 2.69. The van der Waals surface area contributed by atoms with Gasteiger partial charge in [0, 0.05) is 10.5 Å². The molecule has 4 heteroatoms. The molecular formula is C26H44O4. The maximum Gasteiger partial charge on any atom is 0.303 e. The Morgan fingerprint density at radius 2 is 1.80 bits per heavy atom. The summed E-state index contributed by atoms with van der Waals surface area (Å²) in [6, 6.07) is 0. The fraction of sp³-hybridized carbons (Fsp3) is 0.962. The fourth-order valence-electron chi connectivity index (χ4n) is 8.95. The third-order valence-corrected chi connectivity index (χ3v) is 10.5. The average Bonchev–Trinajstić information content (AvgIpc) is 3.07. The smallest absolute Gasteiger partial charge is 0.303 e. The van der Waals surface area contributed by atoms with E-state index in [1.54, 1.807) is 0 Å². The van der Waals surface area contributed by atoms with Gasteiger partial charge in [0.15, 0.2) is 0 Å². The lowest BCUT2D eigenvalue weighted by molar-refractivity contribution is -0.203. The Labute approximate surface area is 188 Å². The van der Waals surface area contributed by atoms with Crippen molar-refractivity contribution in [2.24, 2.45) is 52.3 Å². The van der Waals surface area contributed by atoms with Gasteiger partial charge in [0.2, 0.25) is 0 Å². The number of fused-ring (bicyclic) bond motifs is 5. The van der Waals surface area contributed by atoms with Crippen LogP contribution in [0.4, 0.5) is 0 Å². The van der Waals surface area contributed by atoms with Crippen LogP contribution in [0, 0.1) is 52.3 Å². The number of carboxylic acid groups (broad SMARTS) is 1. The van der Waals surface area contributed by atoms with Gasteiger partial charge in [0.1, 0.15) is 0 Å². The molecule has 0 heterocycles. The molecule has 11 atom stereocenters. The lowest BCUT2D eigenvalue weighted by Gasteiger charge is -2.64. The van der Waals surface area contributed by atoms with Crippen molar-refractivity contribution < 1.29 is 25.6 Å². The summed E-state index contributed by atoms with van der Waals surface area (Å²) in [7, 11) is 0. The molecule has 0 aromatic rings. The van der Waals surface area contributed by atoms with Crippen molar-refractivity contribution >= 4 is 5.97 Å². The minimum Gasteiger partial charge on any atom is -0.481 e. The van der Waals surface area contributed by atoms with Gasteiger partial charge in [-0.25, -0.2) is 0 Å². The highest BCUT2D eigenvalue weighted by Gasteiger charge is 2.64. The first kappa shape index (κ1) is 17.9.